The van der Waals surface area contributed by atoms with Crippen molar-refractivity contribution in [2.75, 3.05) is 13.1 Å². The Hall–Kier alpha value is -1.44. The average molecular weight is 313 g/mol. The number of benzene rings is 1. The number of sulfonamides is 1. The zero-order valence-corrected chi connectivity index (χ0v) is 12.8. The minimum absolute atomic E-state index is 0.0893. The maximum Gasteiger partial charge on any atom is 0.335 e. The van der Waals surface area contributed by atoms with Crippen LogP contribution in [0.15, 0.2) is 24.3 Å². The van der Waals surface area contributed by atoms with Gasteiger partial charge in [0.2, 0.25) is 10.0 Å². The molecule has 1 fully saturated rings. The Morgan fingerprint density at radius 3 is 2.52 bits per heavy atom. The highest BCUT2D eigenvalue weighted by atomic mass is 32.2. The van der Waals surface area contributed by atoms with Crippen molar-refractivity contribution < 1.29 is 23.1 Å². The van der Waals surface area contributed by atoms with Gasteiger partial charge >= 0.3 is 5.97 Å². The number of nitrogens with zero attached hydrogens (tertiary/aromatic N) is 1. The second-order valence-electron chi connectivity index (χ2n) is 5.34. The summed E-state index contributed by atoms with van der Waals surface area (Å²) < 4.78 is 31.8. The number of carboxylic acid groups (broad SMARTS) is 1. The first kappa shape index (κ1) is 15.9. The molecule has 2 atom stereocenters. The van der Waals surface area contributed by atoms with Gasteiger partial charge < -0.3 is 9.84 Å². The van der Waals surface area contributed by atoms with Crippen LogP contribution < -0.4 is 0 Å². The van der Waals surface area contributed by atoms with Crippen LogP contribution in [0.2, 0.25) is 0 Å². The largest absolute Gasteiger partial charge is 0.478 e. The number of morpholine rings is 1. The summed E-state index contributed by atoms with van der Waals surface area (Å²) in [6.07, 6.45) is -0.289. The van der Waals surface area contributed by atoms with Crippen LogP contribution in [0.3, 0.4) is 0 Å². The second-order valence-corrected chi connectivity index (χ2v) is 7.30. The molecule has 1 aromatic carbocycles. The van der Waals surface area contributed by atoms with Gasteiger partial charge in [0.05, 0.1) is 23.5 Å². The summed E-state index contributed by atoms with van der Waals surface area (Å²) in [5.41, 5.74) is 0.563. The molecule has 0 radical (unpaired) electrons. The Labute approximate surface area is 124 Å². The maximum absolute atomic E-state index is 12.5. The molecule has 7 heteroatoms. The fourth-order valence-electron chi connectivity index (χ4n) is 2.45. The summed E-state index contributed by atoms with van der Waals surface area (Å²) in [7, 11) is -3.48. The smallest absolute Gasteiger partial charge is 0.335 e. The molecule has 1 aliphatic heterocycles. The summed E-state index contributed by atoms with van der Waals surface area (Å²) in [5.74, 6) is -1.27. The Balaban J connectivity index is 2.17. The highest BCUT2D eigenvalue weighted by molar-refractivity contribution is 7.88. The molecule has 0 aliphatic carbocycles. The normalized spacial score (nSPS) is 23.9. The van der Waals surface area contributed by atoms with Gasteiger partial charge in [0.1, 0.15) is 0 Å². The Morgan fingerprint density at radius 2 is 1.95 bits per heavy atom. The van der Waals surface area contributed by atoms with Gasteiger partial charge in [-0.05, 0) is 31.5 Å². The quantitative estimate of drug-likeness (QED) is 0.906. The first-order valence-corrected chi connectivity index (χ1v) is 8.34. The lowest BCUT2D eigenvalue weighted by Crippen LogP contribution is -2.48. The van der Waals surface area contributed by atoms with Crippen molar-refractivity contribution in [3.8, 4) is 0 Å². The van der Waals surface area contributed by atoms with Crippen LogP contribution in [0.25, 0.3) is 0 Å². The number of hydrogen-bond acceptors (Lipinski definition) is 4. The minimum atomic E-state index is -3.48. The molecule has 0 spiro atoms. The van der Waals surface area contributed by atoms with E-state index in [1.54, 1.807) is 12.1 Å². The van der Waals surface area contributed by atoms with E-state index in [1.165, 1.54) is 16.4 Å². The van der Waals surface area contributed by atoms with Crippen molar-refractivity contribution in [2.45, 2.75) is 31.8 Å². The standard InChI is InChI=1S/C14H19NO5S/c1-10-7-15(8-11(2)20-10)21(18,19)9-12-4-3-5-13(6-12)14(16)17/h3-6,10-11H,7-9H2,1-2H3,(H,16,17)/t10-,11+. The summed E-state index contributed by atoms with van der Waals surface area (Å²) in [6.45, 7) is 4.32. The number of carboxylic acids is 1. The molecule has 1 heterocycles. The molecule has 2 rings (SSSR count). The van der Waals surface area contributed by atoms with Gasteiger partial charge in [-0.15, -0.1) is 0 Å². The topological polar surface area (TPSA) is 83.9 Å². The Kier molecular flexibility index (Phi) is 4.65. The third kappa shape index (κ3) is 4.03. The summed E-state index contributed by atoms with van der Waals surface area (Å²) >= 11 is 0. The fraction of sp³-hybridized carbons (Fsp3) is 0.500. The molecule has 0 saturated carbocycles. The molecule has 1 aliphatic rings. The molecule has 21 heavy (non-hydrogen) atoms. The summed E-state index contributed by atoms with van der Waals surface area (Å²) in [5, 5.41) is 8.95. The van der Waals surface area contributed by atoms with Gasteiger partial charge in [0.15, 0.2) is 0 Å². The van der Waals surface area contributed by atoms with E-state index < -0.39 is 16.0 Å². The van der Waals surface area contributed by atoms with E-state index in [1.807, 2.05) is 13.8 Å². The van der Waals surface area contributed by atoms with E-state index in [0.717, 1.165) is 0 Å². The lowest BCUT2D eigenvalue weighted by atomic mass is 10.1. The van der Waals surface area contributed by atoms with Crippen LogP contribution in [0, 0.1) is 0 Å². The molecule has 0 unspecified atom stereocenters. The molecule has 0 bridgehead atoms. The maximum atomic E-state index is 12.5. The highest BCUT2D eigenvalue weighted by Crippen LogP contribution is 2.18. The molecule has 1 N–H and O–H groups in total. The van der Waals surface area contributed by atoms with Gasteiger partial charge in [0, 0.05) is 13.1 Å². The minimum Gasteiger partial charge on any atom is -0.478 e. The van der Waals surface area contributed by atoms with E-state index in [9.17, 15) is 13.2 Å². The van der Waals surface area contributed by atoms with Crippen LogP contribution in [-0.4, -0.2) is 49.1 Å². The lowest BCUT2D eigenvalue weighted by Gasteiger charge is -2.34. The predicted octanol–water partition coefficient (Wildman–Crippen LogP) is 1.32. The van der Waals surface area contributed by atoms with Gasteiger partial charge in [-0.1, -0.05) is 12.1 Å². The van der Waals surface area contributed by atoms with Crippen LogP contribution in [0.5, 0.6) is 0 Å². The van der Waals surface area contributed by atoms with Crippen LogP contribution in [0.4, 0.5) is 0 Å². The molecule has 1 aromatic rings. The average Bonchev–Trinajstić information content (AvgIpc) is 2.37. The third-order valence-corrected chi connectivity index (χ3v) is 5.09. The molecule has 0 amide bonds. The molecular weight excluding hydrogens is 294 g/mol. The molecule has 6 nitrogen and oxygen atoms in total. The Bertz CT molecular complexity index is 618. The van der Waals surface area contributed by atoms with Crippen LogP contribution >= 0.6 is 0 Å². The van der Waals surface area contributed by atoms with E-state index in [0.29, 0.717) is 18.7 Å². The monoisotopic (exact) mass is 313 g/mol. The number of hydrogen-bond donors (Lipinski definition) is 1. The van der Waals surface area contributed by atoms with Crippen molar-refractivity contribution in [3.05, 3.63) is 35.4 Å². The zero-order chi connectivity index (χ0) is 15.6. The van der Waals surface area contributed by atoms with Crippen LogP contribution in [0.1, 0.15) is 29.8 Å². The predicted molar refractivity (Wildman–Crippen MR) is 77.6 cm³/mol. The van der Waals surface area contributed by atoms with Gasteiger partial charge in [-0.2, -0.15) is 4.31 Å². The summed E-state index contributed by atoms with van der Waals surface area (Å²) in [4.78, 5) is 10.9. The van der Waals surface area contributed by atoms with Crippen LogP contribution in [-0.2, 0) is 20.5 Å². The first-order valence-electron chi connectivity index (χ1n) is 6.73. The fourth-order valence-corrected chi connectivity index (χ4v) is 4.11. The van der Waals surface area contributed by atoms with Gasteiger partial charge in [0.25, 0.3) is 0 Å². The lowest BCUT2D eigenvalue weighted by molar-refractivity contribution is -0.0441. The van der Waals surface area contributed by atoms with Crippen molar-refractivity contribution >= 4 is 16.0 Å². The third-order valence-electron chi connectivity index (χ3n) is 3.30. The zero-order valence-electron chi connectivity index (χ0n) is 12.0. The molecule has 1 saturated heterocycles. The number of rotatable bonds is 4. The number of ether oxygens (including phenoxy) is 1. The van der Waals surface area contributed by atoms with E-state index in [-0.39, 0.29) is 23.5 Å². The summed E-state index contributed by atoms with van der Waals surface area (Å²) in [6, 6.07) is 6.01. The van der Waals surface area contributed by atoms with Gasteiger partial charge in [-0.25, -0.2) is 13.2 Å². The van der Waals surface area contributed by atoms with E-state index >= 15 is 0 Å². The first-order chi connectivity index (χ1) is 9.78. The SMILES string of the molecule is C[C@@H]1CN(S(=O)(=O)Cc2cccc(C(=O)O)c2)C[C@H](C)O1. The van der Waals surface area contributed by atoms with Crippen molar-refractivity contribution in [1.29, 1.82) is 0 Å². The van der Waals surface area contributed by atoms with Gasteiger partial charge in [-0.3, -0.25) is 0 Å². The van der Waals surface area contributed by atoms with Crippen molar-refractivity contribution in [2.24, 2.45) is 0 Å². The van der Waals surface area contributed by atoms with E-state index in [2.05, 4.69) is 0 Å². The highest BCUT2D eigenvalue weighted by Gasteiger charge is 2.31. The molecular formula is C14H19NO5S. The molecule has 0 aromatic heterocycles. The van der Waals surface area contributed by atoms with Crippen molar-refractivity contribution in [3.63, 3.8) is 0 Å². The Morgan fingerprint density at radius 1 is 1.33 bits per heavy atom. The van der Waals surface area contributed by atoms with E-state index in [4.69, 9.17) is 9.84 Å². The van der Waals surface area contributed by atoms with Crippen molar-refractivity contribution in [1.82, 2.24) is 4.31 Å². The molecule has 116 valence electrons. The number of carbonyl (C=O) groups is 1. The number of aromatic carboxylic acids is 1. The second kappa shape index (κ2) is 6.13.